The lowest BCUT2D eigenvalue weighted by Gasteiger charge is -2.22. The molecule has 1 nitrogen and oxygen atoms in total. The van der Waals surface area contributed by atoms with Crippen molar-refractivity contribution in [3.05, 3.63) is 34.9 Å². The number of aryl methyl sites for hydroxylation is 2. The molecule has 1 aliphatic carbocycles. The van der Waals surface area contributed by atoms with E-state index in [1.165, 1.54) is 49.7 Å². The molecule has 0 spiro atoms. The average molecular weight is 287 g/mol. The highest BCUT2D eigenvalue weighted by molar-refractivity contribution is 5.33. The Kier molecular flexibility index (Phi) is 6.76. The van der Waals surface area contributed by atoms with Gasteiger partial charge in [-0.2, -0.15) is 0 Å². The first-order valence-electron chi connectivity index (χ1n) is 9.13. The van der Waals surface area contributed by atoms with Gasteiger partial charge < -0.3 is 5.32 Å². The van der Waals surface area contributed by atoms with E-state index in [2.05, 4.69) is 44.3 Å². The Morgan fingerprint density at radius 3 is 2.38 bits per heavy atom. The Morgan fingerprint density at radius 2 is 1.76 bits per heavy atom. The van der Waals surface area contributed by atoms with E-state index < -0.39 is 0 Å². The zero-order valence-electron chi connectivity index (χ0n) is 14.3. The maximum absolute atomic E-state index is 3.71. The quantitative estimate of drug-likeness (QED) is 0.672. The van der Waals surface area contributed by atoms with Gasteiger partial charge in [-0.05, 0) is 54.8 Å². The minimum absolute atomic E-state index is 0.548. The predicted octanol–water partition coefficient (Wildman–Crippen LogP) is 5.43. The highest BCUT2D eigenvalue weighted by atomic mass is 14.9. The van der Waals surface area contributed by atoms with Crippen LogP contribution in [0.15, 0.2) is 18.2 Å². The van der Waals surface area contributed by atoms with Crippen LogP contribution in [0.5, 0.6) is 0 Å². The van der Waals surface area contributed by atoms with E-state index in [1.54, 1.807) is 5.56 Å². The molecule has 1 aliphatic rings. The van der Waals surface area contributed by atoms with Crippen molar-refractivity contribution in [3.8, 4) is 0 Å². The SMILES string of the molecule is CCNC(CCC1CCCC1)c1ccc(CC)c(CC)c1. The summed E-state index contributed by atoms with van der Waals surface area (Å²) < 4.78 is 0. The van der Waals surface area contributed by atoms with Crippen LogP contribution in [-0.2, 0) is 12.8 Å². The molecular weight excluding hydrogens is 254 g/mol. The Bertz CT molecular complexity index is 418. The Labute approximate surface area is 131 Å². The average Bonchev–Trinajstić information content (AvgIpc) is 3.04. The van der Waals surface area contributed by atoms with Crippen molar-refractivity contribution in [3.63, 3.8) is 0 Å². The topological polar surface area (TPSA) is 12.0 Å². The molecule has 1 aromatic rings. The molecule has 2 rings (SSSR count). The Hall–Kier alpha value is -0.820. The highest BCUT2D eigenvalue weighted by Crippen LogP contribution is 2.32. The summed E-state index contributed by atoms with van der Waals surface area (Å²) in [7, 11) is 0. The molecule has 1 unspecified atom stereocenters. The smallest absolute Gasteiger partial charge is 0.0320 e. The van der Waals surface area contributed by atoms with Crippen LogP contribution in [0.1, 0.15) is 82.0 Å². The van der Waals surface area contributed by atoms with E-state index in [-0.39, 0.29) is 0 Å². The van der Waals surface area contributed by atoms with Crippen LogP contribution in [0, 0.1) is 5.92 Å². The molecule has 1 heteroatoms. The zero-order chi connectivity index (χ0) is 15.1. The lowest BCUT2D eigenvalue weighted by Crippen LogP contribution is -2.21. The molecule has 1 atom stereocenters. The first kappa shape index (κ1) is 16.5. The van der Waals surface area contributed by atoms with Crippen molar-refractivity contribution in [1.82, 2.24) is 5.32 Å². The molecule has 118 valence electrons. The monoisotopic (exact) mass is 287 g/mol. The highest BCUT2D eigenvalue weighted by Gasteiger charge is 2.18. The maximum atomic E-state index is 3.71. The van der Waals surface area contributed by atoms with Gasteiger partial charge >= 0.3 is 0 Å². The van der Waals surface area contributed by atoms with Crippen molar-refractivity contribution in [1.29, 1.82) is 0 Å². The number of hydrogen-bond donors (Lipinski definition) is 1. The van der Waals surface area contributed by atoms with Gasteiger partial charge in [-0.3, -0.25) is 0 Å². The minimum Gasteiger partial charge on any atom is -0.310 e. The van der Waals surface area contributed by atoms with Gasteiger partial charge in [0, 0.05) is 6.04 Å². The van der Waals surface area contributed by atoms with Crippen molar-refractivity contribution in [2.75, 3.05) is 6.54 Å². The van der Waals surface area contributed by atoms with Gasteiger partial charge in [0.05, 0.1) is 0 Å². The molecule has 1 saturated carbocycles. The fourth-order valence-electron chi connectivity index (χ4n) is 3.87. The van der Waals surface area contributed by atoms with Gasteiger partial charge in [-0.1, -0.05) is 64.7 Å². The summed E-state index contributed by atoms with van der Waals surface area (Å²) in [4.78, 5) is 0. The minimum atomic E-state index is 0.548. The van der Waals surface area contributed by atoms with Crippen LogP contribution >= 0.6 is 0 Å². The second kappa shape index (κ2) is 8.58. The number of rotatable bonds is 8. The molecule has 0 aliphatic heterocycles. The van der Waals surface area contributed by atoms with Gasteiger partial charge in [-0.15, -0.1) is 0 Å². The molecule has 1 fully saturated rings. The van der Waals surface area contributed by atoms with Gasteiger partial charge in [0.1, 0.15) is 0 Å². The van der Waals surface area contributed by atoms with Gasteiger partial charge in [0.15, 0.2) is 0 Å². The van der Waals surface area contributed by atoms with Crippen molar-refractivity contribution in [2.24, 2.45) is 5.92 Å². The Balaban J connectivity index is 2.05. The van der Waals surface area contributed by atoms with E-state index in [0.717, 1.165) is 25.3 Å². The summed E-state index contributed by atoms with van der Waals surface area (Å²) in [6.07, 6.45) is 10.8. The lowest BCUT2D eigenvalue weighted by atomic mass is 9.92. The van der Waals surface area contributed by atoms with Crippen LogP contribution in [0.3, 0.4) is 0 Å². The molecule has 1 N–H and O–H groups in total. The van der Waals surface area contributed by atoms with E-state index in [4.69, 9.17) is 0 Å². The first-order valence-corrected chi connectivity index (χ1v) is 9.13. The van der Waals surface area contributed by atoms with Gasteiger partial charge in [-0.25, -0.2) is 0 Å². The summed E-state index contributed by atoms with van der Waals surface area (Å²) in [5, 5.41) is 3.71. The summed E-state index contributed by atoms with van der Waals surface area (Å²) in [5.41, 5.74) is 4.56. The van der Waals surface area contributed by atoms with Crippen LogP contribution in [0.4, 0.5) is 0 Å². The second-order valence-corrected chi connectivity index (χ2v) is 6.57. The summed E-state index contributed by atoms with van der Waals surface area (Å²) in [5.74, 6) is 0.992. The molecule has 0 amide bonds. The molecule has 0 heterocycles. The van der Waals surface area contributed by atoms with Crippen LogP contribution < -0.4 is 5.32 Å². The third kappa shape index (κ3) is 4.57. The third-order valence-corrected chi connectivity index (χ3v) is 5.18. The van der Waals surface area contributed by atoms with Crippen molar-refractivity contribution in [2.45, 2.75) is 78.2 Å². The summed E-state index contributed by atoms with van der Waals surface area (Å²) in [6.45, 7) is 7.82. The fourth-order valence-corrected chi connectivity index (χ4v) is 3.87. The molecule has 21 heavy (non-hydrogen) atoms. The largest absolute Gasteiger partial charge is 0.310 e. The predicted molar refractivity (Wildman–Crippen MR) is 92.8 cm³/mol. The standard InChI is InChI=1S/C20H33N/c1-4-17-12-13-19(15-18(17)5-2)20(21-6-3)14-11-16-9-7-8-10-16/h12-13,15-16,20-21H,4-11,14H2,1-3H3. The number of benzene rings is 1. The summed E-state index contributed by atoms with van der Waals surface area (Å²) >= 11 is 0. The lowest BCUT2D eigenvalue weighted by molar-refractivity contribution is 0.416. The van der Waals surface area contributed by atoms with Gasteiger partial charge in [0.2, 0.25) is 0 Å². The van der Waals surface area contributed by atoms with Crippen molar-refractivity contribution >= 4 is 0 Å². The number of nitrogens with one attached hydrogen (secondary N) is 1. The van der Waals surface area contributed by atoms with Crippen LogP contribution in [-0.4, -0.2) is 6.54 Å². The summed E-state index contributed by atoms with van der Waals surface area (Å²) in [6, 6.07) is 7.72. The first-order chi connectivity index (χ1) is 10.3. The third-order valence-electron chi connectivity index (χ3n) is 5.18. The Morgan fingerprint density at radius 1 is 1.05 bits per heavy atom. The van der Waals surface area contributed by atoms with Crippen LogP contribution in [0.2, 0.25) is 0 Å². The van der Waals surface area contributed by atoms with Crippen LogP contribution in [0.25, 0.3) is 0 Å². The normalized spacial score (nSPS) is 17.3. The van der Waals surface area contributed by atoms with E-state index in [0.29, 0.717) is 6.04 Å². The maximum Gasteiger partial charge on any atom is 0.0320 e. The number of hydrogen-bond acceptors (Lipinski definition) is 1. The van der Waals surface area contributed by atoms with E-state index in [9.17, 15) is 0 Å². The molecule has 0 bridgehead atoms. The molecule has 0 saturated heterocycles. The molecule has 0 aromatic heterocycles. The van der Waals surface area contributed by atoms with E-state index in [1.807, 2.05) is 0 Å². The fraction of sp³-hybridized carbons (Fsp3) is 0.700. The molecule has 0 radical (unpaired) electrons. The van der Waals surface area contributed by atoms with Gasteiger partial charge in [0.25, 0.3) is 0 Å². The van der Waals surface area contributed by atoms with E-state index >= 15 is 0 Å². The molecular formula is C20H33N. The van der Waals surface area contributed by atoms with Crippen molar-refractivity contribution < 1.29 is 0 Å². The molecule has 1 aromatic carbocycles. The zero-order valence-corrected chi connectivity index (χ0v) is 14.3. The second-order valence-electron chi connectivity index (χ2n) is 6.57.